The quantitative estimate of drug-likeness (QED) is 0.386. The Morgan fingerprint density at radius 2 is 1.50 bits per heavy atom. The zero-order valence-corrected chi connectivity index (χ0v) is 15.9. The number of hydrogen-bond donors (Lipinski definition) is 0. The van der Waals surface area contributed by atoms with E-state index in [1.165, 1.54) is 17.5 Å². The molecule has 0 aliphatic rings. The highest BCUT2D eigenvalue weighted by molar-refractivity contribution is 6.10. The number of rotatable bonds is 4. The average Bonchev–Trinajstić information content (AvgIpc) is 3.12. The van der Waals surface area contributed by atoms with Crippen LogP contribution in [0.5, 0.6) is 0 Å². The molecule has 2 heterocycles. The molecule has 150 valence electrons. The summed E-state index contributed by atoms with van der Waals surface area (Å²) in [6.07, 6.45) is -3.24. The van der Waals surface area contributed by atoms with E-state index in [-0.39, 0.29) is 22.8 Å². The maximum Gasteiger partial charge on any atom is 0.416 e. The van der Waals surface area contributed by atoms with E-state index < -0.39 is 11.7 Å². The Balaban J connectivity index is 1.94. The summed E-state index contributed by atoms with van der Waals surface area (Å²) in [7, 11) is 0. The first-order chi connectivity index (χ1) is 14.3. The predicted molar refractivity (Wildman–Crippen MR) is 108 cm³/mol. The van der Waals surface area contributed by atoms with Crippen molar-refractivity contribution < 1.29 is 22.8 Å². The molecule has 0 aliphatic heterocycles. The molecule has 0 bridgehead atoms. The van der Waals surface area contributed by atoms with Crippen LogP contribution in [0.3, 0.4) is 0 Å². The lowest BCUT2D eigenvalue weighted by Crippen LogP contribution is -2.08. The molecule has 2 aromatic heterocycles. The van der Waals surface area contributed by atoms with Crippen molar-refractivity contribution in [1.29, 1.82) is 0 Å². The third kappa shape index (κ3) is 3.52. The highest BCUT2D eigenvalue weighted by Gasteiger charge is 2.31. The lowest BCUT2D eigenvalue weighted by Gasteiger charge is -2.09. The largest absolute Gasteiger partial charge is 0.416 e. The first-order valence-corrected chi connectivity index (χ1v) is 9.19. The Bertz CT molecular complexity index is 1250. The Morgan fingerprint density at radius 3 is 2.10 bits per heavy atom. The van der Waals surface area contributed by atoms with Crippen LogP contribution in [-0.2, 0) is 6.18 Å². The van der Waals surface area contributed by atoms with E-state index in [0.717, 1.165) is 12.1 Å². The van der Waals surface area contributed by atoms with Gasteiger partial charge in [-0.2, -0.15) is 13.2 Å². The topological polar surface area (TPSA) is 38.5 Å². The summed E-state index contributed by atoms with van der Waals surface area (Å²) < 4.78 is 41.4. The molecule has 0 saturated heterocycles. The van der Waals surface area contributed by atoms with Crippen molar-refractivity contribution in [3.05, 3.63) is 101 Å². The van der Waals surface area contributed by atoms with Crippen LogP contribution in [0.15, 0.2) is 79.0 Å². The molecule has 0 radical (unpaired) electrons. The fourth-order valence-electron chi connectivity index (χ4n) is 3.40. The molecular formula is C24H16F3NO2. The summed E-state index contributed by atoms with van der Waals surface area (Å²) in [6, 6.07) is 18.7. The Hall–Kier alpha value is -3.67. The molecule has 0 saturated carbocycles. The van der Waals surface area contributed by atoms with Crippen molar-refractivity contribution >= 4 is 17.1 Å². The second-order valence-corrected chi connectivity index (χ2v) is 6.94. The van der Waals surface area contributed by atoms with Crippen molar-refractivity contribution in [2.45, 2.75) is 13.1 Å². The zero-order valence-electron chi connectivity index (χ0n) is 15.9. The van der Waals surface area contributed by atoms with Gasteiger partial charge in [0.2, 0.25) is 5.78 Å². The SMILES string of the molecule is CC(=O)c1ccc(-c2cc(C(=O)c3ccccc3)n3ccc(C(F)(F)F)cc23)cc1. The van der Waals surface area contributed by atoms with Crippen LogP contribution in [-0.4, -0.2) is 16.0 Å². The van der Waals surface area contributed by atoms with Crippen LogP contribution in [0.25, 0.3) is 16.6 Å². The summed E-state index contributed by atoms with van der Waals surface area (Å²) >= 11 is 0. The minimum Gasteiger partial charge on any atom is -0.313 e. The van der Waals surface area contributed by atoms with E-state index >= 15 is 0 Å². The lowest BCUT2D eigenvalue weighted by atomic mass is 10.0. The zero-order chi connectivity index (χ0) is 21.5. The molecular weight excluding hydrogens is 391 g/mol. The first-order valence-electron chi connectivity index (χ1n) is 9.19. The summed E-state index contributed by atoms with van der Waals surface area (Å²) in [5.41, 5.74) is 1.76. The van der Waals surface area contributed by atoms with Crippen LogP contribution in [0.4, 0.5) is 13.2 Å². The van der Waals surface area contributed by atoms with Crippen LogP contribution in [0, 0.1) is 0 Å². The van der Waals surface area contributed by atoms with Gasteiger partial charge in [-0.15, -0.1) is 0 Å². The number of carbonyl (C=O) groups excluding carboxylic acids is 2. The molecule has 0 unspecified atom stereocenters. The number of halogens is 3. The third-order valence-electron chi connectivity index (χ3n) is 4.97. The molecule has 0 atom stereocenters. The molecule has 4 aromatic rings. The van der Waals surface area contributed by atoms with Crippen LogP contribution >= 0.6 is 0 Å². The molecule has 30 heavy (non-hydrogen) atoms. The van der Waals surface area contributed by atoms with Gasteiger partial charge in [-0.1, -0.05) is 54.6 Å². The number of alkyl halides is 3. The fourth-order valence-corrected chi connectivity index (χ4v) is 3.40. The minimum atomic E-state index is -4.51. The van der Waals surface area contributed by atoms with Crippen molar-refractivity contribution in [1.82, 2.24) is 4.40 Å². The van der Waals surface area contributed by atoms with Crippen molar-refractivity contribution in [3.63, 3.8) is 0 Å². The van der Waals surface area contributed by atoms with E-state index in [0.29, 0.717) is 22.3 Å². The summed E-state index contributed by atoms with van der Waals surface area (Å²) in [5.74, 6) is -0.403. The number of ketones is 2. The Kier molecular flexibility index (Phi) is 4.78. The summed E-state index contributed by atoms with van der Waals surface area (Å²) in [6.45, 7) is 1.44. The molecule has 0 spiro atoms. The van der Waals surface area contributed by atoms with Gasteiger partial charge < -0.3 is 4.40 Å². The molecule has 0 amide bonds. The van der Waals surface area contributed by atoms with Gasteiger partial charge >= 0.3 is 6.18 Å². The highest BCUT2D eigenvalue weighted by atomic mass is 19.4. The summed E-state index contributed by atoms with van der Waals surface area (Å²) in [5, 5.41) is 0. The smallest absolute Gasteiger partial charge is 0.313 e. The second kappa shape index (κ2) is 7.30. The Labute approximate surface area is 170 Å². The summed E-state index contributed by atoms with van der Waals surface area (Å²) in [4.78, 5) is 24.6. The van der Waals surface area contributed by atoms with Crippen LogP contribution in [0.2, 0.25) is 0 Å². The number of pyridine rings is 1. The standard InChI is InChI=1S/C24H16F3NO2/c1-15(29)16-7-9-17(10-8-16)20-14-22(23(30)18-5-3-2-4-6-18)28-12-11-19(13-21(20)28)24(25,26)27/h2-14H,1H3. The molecule has 0 aliphatic carbocycles. The van der Waals surface area contributed by atoms with E-state index in [4.69, 9.17) is 0 Å². The second-order valence-electron chi connectivity index (χ2n) is 6.94. The number of carbonyl (C=O) groups is 2. The van der Waals surface area contributed by atoms with Gasteiger partial charge in [0.1, 0.15) is 0 Å². The number of hydrogen-bond acceptors (Lipinski definition) is 2. The van der Waals surface area contributed by atoms with Gasteiger partial charge in [-0.05, 0) is 30.7 Å². The van der Waals surface area contributed by atoms with Crippen molar-refractivity contribution in [2.24, 2.45) is 0 Å². The molecule has 6 heteroatoms. The molecule has 4 rings (SSSR count). The number of fused-ring (bicyclic) bond motifs is 1. The molecule has 3 nitrogen and oxygen atoms in total. The van der Waals surface area contributed by atoms with E-state index in [1.807, 2.05) is 0 Å². The average molecular weight is 407 g/mol. The first kappa shape index (κ1) is 19.6. The van der Waals surface area contributed by atoms with Crippen LogP contribution < -0.4 is 0 Å². The van der Waals surface area contributed by atoms with Gasteiger partial charge in [0.05, 0.1) is 16.8 Å². The minimum absolute atomic E-state index is 0.109. The molecule has 2 aromatic carbocycles. The molecule has 0 N–H and O–H groups in total. The van der Waals surface area contributed by atoms with Crippen LogP contribution in [0.1, 0.15) is 38.9 Å². The van der Waals surface area contributed by atoms with Crippen molar-refractivity contribution in [3.8, 4) is 11.1 Å². The maximum absolute atomic E-state index is 13.3. The maximum atomic E-state index is 13.3. The highest BCUT2D eigenvalue weighted by Crippen LogP contribution is 2.35. The molecule has 0 fully saturated rings. The number of aromatic nitrogens is 1. The van der Waals surface area contributed by atoms with Crippen molar-refractivity contribution in [2.75, 3.05) is 0 Å². The van der Waals surface area contributed by atoms with Gasteiger partial charge in [-0.25, -0.2) is 0 Å². The lowest BCUT2D eigenvalue weighted by molar-refractivity contribution is -0.137. The van der Waals surface area contributed by atoms with E-state index in [9.17, 15) is 22.8 Å². The number of benzene rings is 2. The normalized spacial score (nSPS) is 11.6. The van der Waals surface area contributed by atoms with Gasteiger partial charge in [0.25, 0.3) is 0 Å². The van der Waals surface area contributed by atoms with Gasteiger partial charge in [0, 0.05) is 22.9 Å². The van der Waals surface area contributed by atoms with Gasteiger partial charge in [0.15, 0.2) is 5.78 Å². The van der Waals surface area contributed by atoms with E-state index in [1.54, 1.807) is 60.7 Å². The predicted octanol–water partition coefficient (Wildman–Crippen LogP) is 6.06. The van der Waals surface area contributed by atoms with Gasteiger partial charge in [-0.3, -0.25) is 9.59 Å². The number of Topliss-reactive ketones (excluding diaryl/α,β-unsaturated/α-hetero) is 1. The fraction of sp³-hybridized carbons (Fsp3) is 0.0833. The third-order valence-corrected chi connectivity index (χ3v) is 4.97. The Morgan fingerprint density at radius 1 is 0.833 bits per heavy atom. The van der Waals surface area contributed by atoms with E-state index in [2.05, 4.69) is 0 Å². The number of nitrogens with zero attached hydrogens (tertiary/aromatic N) is 1. The monoisotopic (exact) mass is 407 g/mol.